The van der Waals surface area contributed by atoms with Gasteiger partial charge in [0.2, 0.25) is 11.8 Å². The first-order chi connectivity index (χ1) is 9.99. The highest BCUT2D eigenvalue weighted by Gasteiger charge is 2.30. The van der Waals surface area contributed by atoms with E-state index in [1.54, 1.807) is 0 Å². The minimum absolute atomic E-state index is 0. The van der Waals surface area contributed by atoms with Gasteiger partial charge in [0.15, 0.2) is 0 Å². The number of hydrogen-bond donors (Lipinski definition) is 3. The SMILES string of the molecule is CCC(C)NC(=O)C(C)N1CCCC(C(=O)NCCN)C1.Cl. The Morgan fingerprint density at radius 3 is 2.64 bits per heavy atom. The summed E-state index contributed by atoms with van der Waals surface area (Å²) < 4.78 is 0. The number of rotatable bonds is 7. The van der Waals surface area contributed by atoms with E-state index in [1.807, 2.05) is 20.8 Å². The average Bonchev–Trinajstić information content (AvgIpc) is 2.51. The summed E-state index contributed by atoms with van der Waals surface area (Å²) >= 11 is 0. The van der Waals surface area contributed by atoms with Gasteiger partial charge in [-0.05, 0) is 39.7 Å². The zero-order valence-corrected chi connectivity index (χ0v) is 14.7. The molecule has 0 spiro atoms. The molecule has 4 N–H and O–H groups in total. The lowest BCUT2D eigenvalue weighted by Gasteiger charge is -2.35. The van der Waals surface area contributed by atoms with Crippen molar-refractivity contribution in [3.63, 3.8) is 0 Å². The van der Waals surface area contributed by atoms with E-state index in [0.717, 1.165) is 25.8 Å². The first-order valence-electron chi connectivity index (χ1n) is 8.01. The third-order valence-corrected chi connectivity index (χ3v) is 4.20. The molecule has 1 heterocycles. The van der Waals surface area contributed by atoms with Crippen LogP contribution in [0.15, 0.2) is 0 Å². The monoisotopic (exact) mass is 334 g/mol. The van der Waals surface area contributed by atoms with Gasteiger partial charge < -0.3 is 16.4 Å². The zero-order chi connectivity index (χ0) is 15.8. The van der Waals surface area contributed by atoms with Gasteiger partial charge in [-0.2, -0.15) is 0 Å². The van der Waals surface area contributed by atoms with Crippen LogP contribution in [0.5, 0.6) is 0 Å². The molecule has 3 atom stereocenters. The lowest BCUT2D eigenvalue weighted by atomic mass is 9.96. The number of hydrogen-bond acceptors (Lipinski definition) is 4. The third-order valence-electron chi connectivity index (χ3n) is 4.20. The van der Waals surface area contributed by atoms with Gasteiger partial charge in [0.25, 0.3) is 0 Å². The van der Waals surface area contributed by atoms with Crippen molar-refractivity contribution in [2.75, 3.05) is 26.2 Å². The highest BCUT2D eigenvalue weighted by atomic mass is 35.5. The van der Waals surface area contributed by atoms with Crippen molar-refractivity contribution in [2.45, 2.75) is 52.1 Å². The van der Waals surface area contributed by atoms with E-state index in [-0.39, 0.29) is 42.2 Å². The molecule has 2 amide bonds. The van der Waals surface area contributed by atoms with Gasteiger partial charge >= 0.3 is 0 Å². The van der Waals surface area contributed by atoms with Gasteiger partial charge in [-0.25, -0.2) is 0 Å². The molecule has 0 aromatic rings. The van der Waals surface area contributed by atoms with Crippen molar-refractivity contribution in [3.8, 4) is 0 Å². The van der Waals surface area contributed by atoms with Crippen molar-refractivity contribution in [1.82, 2.24) is 15.5 Å². The van der Waals surface area contributed by atoms with E-state index < -0.39 is 0 Å². The molecule has 6 nitrogen and oxygen atoms in total. The second kappa shape index (κ2) is 10.8. The summed E-state index contributed by atoms with van der Waals surface area (Å²) in [5, 5.41) is 5.85. The molecule has 1 aliphatic heterocycles. The topological polar surface area (TPSA) is 87.5 Å². The molecule has 1 rings (SSSR count). The maximum atomic E-state index is 12.2. The molecule has 3 unspecified atom stereocenters. The van der Waals surface area contributed by atoms with Crippen molar-refractivity contribution in [2.24, 2.45) is 11.7 Å². The van der Waals surface area contributed by atoms with Gasteiger partial charge in [-0.1, -0.05) is 6.92 Å². The molecule has 0 radical (unpaired) electrons. The predicted octanol–water partition coefficient (Wildman–Crippen LogP) is 0.498. The fourth-order valence-corrected chi connectivity index (χ4v) is 2.54. The van der Waals surface area contributed by atoms with Gasteiger partial charge in [0.05, 0.1) is 12.0 Å². The summed E-state index contributed by atoms with van der Waals surface area (Å²) in [6, 6.07) is -0.00232. The third kappa shape index (κ3) is 6.50. The average molecular weight is 335 g/mol. The van der Waals surface area contributed by atoms with Crippen LogP contribution in [0.25, 0.3) is 0 Å². The summed E-state index contributed by atoms with van der Waals surface area (Å²) in [5.74, 6) is 0.0659. The molecular formula is C15H31ClN4O2. The molecule has 0 aromatic heterocycles. The van der Waals surface area contributed by atoms with E-state index in [0.29, 0.717) is 19.6 Å². The molecule has 1 fully saturated rings. The predicted molar refractivity (Wildman–Crippen MR) is 91.0 cm³/mol. The Morgan fingerprint density at radius 2 is 2.05 bits per heavy atom. The number of carbonyl (C=O) groups excluding carboxylic acids is 2. The summed E-state index contributed by atoms with van der Waals surface area (Å²) in [7, 11) is 0. The number of nitrogens with two attached hydrogens (primary N) is 1. The Labute approximate surface area is 140 Å². The van der Waals surface area contributed by atoms with E-state index in [9.17, 15) is 9.59 Å². The number of carbonyl (C=O) groups is 2. The fraction of sp³-hybridized carbons (Fsp3) is 0.867. The van der Waals surface area contributed by atoms with Crippen molar-refractivity contribution in [1.29, 1.82) is 0 Å². The van der Waals surface area contributed by atoms with Gasteiger partial charge in [-0.15, -0.1) is 12.4 Å². The highest BCUT2D eigenvalue weighted by Crippen LogP contribution is 2.18. The Morgan fingerprint density at radius 1 is 1.36 bits per heavy atom. The smallest absolute Gasteiger partial charge is 0.237 e. The molecule has 1 saturated heterocycles. The van der Waals surface area contributed by atoms with Crippen LogP contribution in [0.3, 0.4) is 0 Å². The van der Waals surface area contributed by atoms with Gasteiger partial charge in [-0.3, -0.25) is 14.5 Å². The largest absolute Gasteiger partial charge is 0.355 e. The Kier molecular flexibility index (Phi) is 10.4. The normalized spacial score (nSPS) is 21.4. The molecule has 7 heteroatoms. The van der Waals surface area contributed by atoms with Crippen molar-refractivity contribution < 1.29 is 9.59 Å². The number of piperidine rings is 1. The zero-order valence-electron chi connectivity index (χ0n) is 13.9. The molecule has 0 aliphatic carbocycles. The number of halogens is 1. The van der Waals surface area contributed by atoms with Crippen LogP contribution in [0.1, 0.15) is 40.0 Å². The molecule has 0 bridgehead atoms. The lowest BCUT2D eigenvalue weighted by Crippen LogP contribution is -2.52. The highest BCUT2D eigenvalue weighted by molar-refractivity contribution is 5.85. The van der Waals surface area contributed by atoms with Crippen LogP contribution in [0.2, 0.25) is 0 Å². The van der Waals surface area contributed by atoms with E-state index in [2.05, 4.69) is 15.5 Å². The lowest BCUT2D eigenvalue weighted by molar-refractivity contribution is -0.131. The molecule has 0 saturated carbocycles. The minimum Gasteiger partial charge on any atom is -0.355 e. The van der Waals surface area contributed by atoms with Crippen molar-refractivity contribution in [3.05, 3.63) is 0 Å². The molecule has 0 aromatic carbocycles. The Balaban J connectivity index is 0.00000441. The molecular weight excluding hydrogens is 304 g/mol. The van der Waals surface area contributed by atoms with E-state index in [4.69, 9.17) is 5.73 Å². The summed E-state index contributed by atoms with van der Waals surface area (Å²) in [6.07, 6.45) is 2.75. The number of likely N-dealkylation sites (tertiary alicyclic amines) is 1. The second-order valence-corrected chi connectivity index (χ2v) is 5.91. The Bertz CT molecular complexity index is 354. The second-order valence-electron chi connectivity index (χ2n) is 5.91. The number of nitrogens with zero attached hydrogens (tertiary/aromatic N) is 1. The van der Waals surface area contributed by atoms with Gasteiger partial charge in [0, 0.05) is 25.7 Å². The fourth-order valence-electron chi connectivity index (χ4n) is 2.54. The summed E-state index contributed by atoms with van der Waals surface area (Å²) in [4.78, 5) is 26.3. The van der Waals surface area contributed by atoms with Crippen LogP contribution in [0.4, 0.5) is 0 Å². The van der Waals surface area contributed by atoms with Crippen LogP contribution < -0.4 is 16.4 Å². The summed E-state index contributed by atoms with van der Waals surface area (Å²) in [5.41, 5.74) is 5.40. The maximum absolute atomic E-state index is 12.2. The van der Waals surface area contributed by atoms with Crippen molar-refractivity contribution >= 4 is 24.2 Å². The van der Waals surface area contributed by atoms with Crippen LogP contribution >= 0.6 is 12.4 Å². The van der Waals surface area contributed by atoms with Gasteiger partial charge in [0.1, 0.15) is 0 Å². The molecule has 22 heavy (non-hydrogen) atoms. The van der Waals surface area contributed by atoms with E-state index in [1.165, 1.54) is 0 Å². The van der Waals surface area contributed by atoms with E-state index >= 15 is 0 Å². The first kappa shape index (κ1) is 21.1. The number of amides is 2. The summed E-state index contributed by atoms with van der Waals surface area (Å²) in [6.45, 7) is 8.45. The number of nitrogens with one attached hydrogen (secondary N) is 2. The molecule has 1 aliphatic rings. The van der Waals surface area contributed by atoms with Crippen LogP contribution in [-0.2, 0) is 9.59 Å². The van der Waals surface area contributed by atoms with Crippen LogP contribution in [0, 0.1) is 5.92 Å². The Hall–Kier alpha value is -0.850. The standard InChI is InChI=1S/C15H30N4O2.ClH/c1-4-11(2)18-14(20)12(3)19-9-5-6-13(10-19)15(21)17-8-7-16;/h11-13H,4-10,16H2,1-3H3,(H,17,21)(H,18,20);1H. The molecule has 130 valence electrons. The van der Waals surface area contributed by atoms with Crippen LogP contribution in [-0.4, -0.2) is 55.0 Å². The quantitative estimate of drug-likeness (QED) is 0.632. The minimum atomic E-state index is -0.191. The first-order valence-corrected chi connectivity index (χ1v) is 8.01. The maximum Gasteiger partial charge on any atom is 0.237 e.